The molecule has 3 aromatic rings. The zero-order chi connectivity index (χ0) is 25.7. The number of nitrogens with zero attached hydrogens (tertiary/aromatic N) is 2. The van der Waals surface area contributed by atoms with Gasteiger partial charge in [0.25, 0.3) is 0 Å². The van der Waals surface area contributed by atoms with Crippen molar-refractivity contribution in [3.8, 4) is 11.1 Å². The molecule has 3 amide bonds. The average Bonchev–Trinajstić information content (AvgIpc) is 2.85. The van der Waals surface area contributed by atoms with Gasteiger partial charge in [-0.1, -0.05) is 48.0 Å². The van der Waals surface area contributed by atoms with E-state index in [4.69, 9.17) is 11.6 Å². The molecule has 0 aliphatic carbocycles. The molecule has 3 N–H and O–H groups in total. The highest BCUT2D eigenvalue weighted by atomic mass is 35.5. The minimum Gasteiger partial charge on any atom is -0.326 e. The molecule has 1 aromatic heterocycles. The van der Waals surface area contributed by atoms with Crippen LogP contribution in [0.25, 0.3) is 11.1 Å². The molecule has 4 rings (SSSR count). The van der Waals surface area contributed by atoms with Crippen molar-refractivity contribution in [2.75, 3.05) is 23.0 Å². The molecule has 9 nitrogen and oxygen atoms in total. The number of halogens is 1. The molecule has 2 aromatic carbocycles. The second-order valence-electron chi connectivity index (χ2n) is 8.44. The van der Waals surface area contributed by atoms with Gasteiger partial charge in [0, 0.05) is 25.0 Å². The molecule has 0 saturated carbocycles. The van der Waals surface area contributed by atoms with Gasteiger partial charge in [-0.25, -0.2) is 22.9 Å². The molecule has 2 heterocycles. The zero-order valence-corrected chi connectivity index (χ0v) is 21.1. The summed E-state index contributed by atoms with van der Waals surface area (Å²) >= 11 is 5.81. The predicted octanol–water partition coefficient (Wildman–Crippen LogP) is 3.77. The Hall–Kier alpha value is -3.47. The summed E-state index contributed by atoms with van der Waals surface area (Å²) in [5.41, 5.74) is 3.37. The highest BCUT2D eigenvalue weighted by Crippen LogP contribution is 2.28. The molecule has 0 radical (unpaired) electrons. The number of carbonyl (C=O) groups excluding carboxylic acids is 2. The van der Waals surface area contributed by atoms with Crippen LogP contribution in [-0.4, -0.2) is 44.2 Å². The first-order valence-electron chi connectivity index (χ1n) is 11.3. The van der Waals surface area contributed by atoms with E-state index in [-0.39, 0.29) is 12.5 Å². The topological polar surface area (TPSA) is 120 Å². The highest BCUT2D eigenvalue weighted by molar-refractivity contribution is 7.88. The van der Waals surface area contributed by atoms with Crippen LogP contribution in [0.5, 0.6) is 0 Å². The average molecular weight is 528 g/mol. The largest absolute Gasteiger partial charge is 0.326 e. The van der Waals surface area contributed by atoms with Crippen LogP contribution in [0.1, 0.15) is 18.4 Å². The van der Waals surface area contributed by atoms with Gasteiger partial charge in [0.2, 0.25) is 15.9 Å². The smallest absolute Gasteiger partial charge is 0.321 e. The van der Waals surface area contributed by atoms with Crippen LogP contribution >= 0.6 is 11.6 Å². The maximum absolute atomic E-state index is 13.1. The Kier molecular flexibility index (Phi) is 7.88. The highest BCUT2D eigenvalue weighted by Gasteiger charge is 2.31. The summed E-state index contributed by atoms with van der Waals surface area (Å²) in [6.07, 6.45) is 3.82. The number of hydrogen-bond donors (Lipinski definition) is 3. The standard InChI is InChI=1S/C25H26ClN5O4S/c1-36(34,35)28-15-18-5-2-3-6-21(18)17-8-11-20(12-9-17)31-14-4-7-22(24(31)32)29-25(33)30-23-13-10-19(26)16-27-23/h2-3,5-6,8-13,16,22,28H,4,7,14-15H2,1H3,(H2,27,29,30,33)/t22-/m1/s1. The van der Waals surface area contributed by atoms with Crippen LogP contribution in [0.15, 0.2) is 66.9 Å². The summed E-state index contributed by atoms with van der Waals surface area (Å²) in [7, 11) is -3.32. The second-order valence-corrected chi connectivity index (χ2v) is 10.7. The van der Waals surface area contributed by atoms with Crippen LogP contribution in [0.2, 0.25) is 5.02 Å². The van der Waals surface area contributed by atoms with Crippen LogP contribution in [0.4, 0.5) is 16.3 Å². The maximum atomic E-state index is 13.1. The Bertz CT molecular complexity index is 1350. The van der Waals surface area contributed by atoms with E-state index < -0.39 is 22.1 Å². The Morgan fingerprint density at radius 1 is 1.11 bits per heavy atom. The molecule has 1 atom stereocenters. The van der Waals surface area contributed by atoms with E-state index in [0.29, 0.717) is 23.8 Å². The van der Waals surface area contributed by atoms with Gasteiger partial charge >= 0.3 is 6.03 Å². The lowest BCUT2D eigenvalue weighted by Crippen LogP contribution is -2.53. The normalized spacial score (nSPS) is 16.0. The van der Waals surface area contributed by atoms with Crippen molar-refractivity contribution in [1.29, 1.82) is 0 Å². The minimum absolute atomic E-state index is 0.183. The van der Waals surface area contributed by atoms with Crippen LogP contribution < -0.4 is 20.3 Å². The maximum Gasteiger partial charge on any atom is 0.321 e. The number of rotatable bonds is 7. The fourth-order valence-corrected chi connectivity index (χ4v) is 4.54. The predicted molar refractivity (Wildman–Crippen MR) is 140 cm³/mol. The first kappa shape index (κ1) is 25.6. The molecular formula is C25H26ClN5O4S. The van der Waals surface area contributed by atoms with E-state index in [9.17, 15) is 18.0 Å². The summed E-state index contributed by atoms with van der Waals surface area (Å²) in [5.74, 6) is 0.144. The number of anilines is 2. The van der Waals surface area contributed by atoms with Gasteiger partial charge in [-0.15, -0.1) is 0 Å². The van der Waals surface area contributed by atoms with Crippen molar-refractivity contribution >= 4 is 45.1 Å². The van der Waals surface area contributed by atoms with Crippen molar-refractivity contribution < 1.29 is 18.0 Å². The van der Waals surface area contributed by atoms with Crippen molar-refractivity contribution in [1.82, 2.24) is 15.0 Å². The lowest BCUT2D eigenvalue weighted by atomic mass is 9.98. The lowest BCUT2D eigenvalue weighted by Gasteiger charge is -2.32. The summed E-state index contributed by atoms with van der Waals surface area (Å²) in [6.45, 7) is 0.730. The van der Waals surface area contributed by atoms with Crippen molar-refractivity contribution in [2.24, 2.45) is 0 Å². The fourth-order valence-electron chi connectivity index (χ4n) is 4.01. The van der Waals surface area contributed by atoms with E-state index in [2.05, 4.69) is 20.3 Å². The molecule has 1 aliphatic rings. The van der Waals surface area contributed by atoms with Gasteiger partial charge in [-0.3, -0.25) is 10.1 Å². The second kappa shape index (κ2) is 11.1. The van der Waals surface area contributed by atoms with E-state index in [1.165, 1.54) is 6.20 Å². The number of carbonyl (C=O) groups is 2. The summed E-state index contributed by atoms with van der Waals surface area (Å²) in [5, 5.41) is 5.80. The molecule has 0 spiro atoms. The monoisotopic (exact) mass is 527 g/mol. The van der Waals surface area contributed by atoms with Gasteiger partial charge in [0.15, 0.2) is 0 Å². The number of hydrogen-bond acceptors (Lipinski definition) is 5. The van der Waals surface area contributed by atoms with Gasteiger partial charge in [0.1, 0.15) is 11.9 Å². The molecule has 1 aliphatic heterocycles. The Morgan fingerprint density at radius 2 is 1.86 bits per heavy atom. The van der Waals surface area contributed by atoms with E-state index in [0.717, 1.165) is 35.1 Å². The summed E-state index contributed by atoms with van der Waals surface area (Å²) in [4.78, 5) is 31.2. The molecule has 188 valence electrons. The zero-order valence-electron chi connectivity index (χ0n) is 19.6. The molecule has 36 heavy (non-hydrogen) atoms. The summed E-state index contributed by atoms with van der Waals surface area (Å²) in [6, 6.07) is 17.1. The minimum atomic E-state index is -3.32. The Morgan fingerprint density at radius 3 is 2.56 bits per heavy atom. The Labute approximate surface area is 214 Å². The number of piperidine rings is 1. The fraction of sp³-hybridized carbons (Fsp3) is 0.240. The number of benzene rings is 2. The third-order valence-electron chi connectivity index (χ3n) is 5.75. The van der Waals surface area contributed by atoms with Crippen LogP contribution in [-0.2, 0) is 21.4 Å². The van der Waals surface area contributed by atoms with Crippen molar-refractivity contribution in [2.45, 2.75) is 25.4 Å². The van der Waals surface area contributed by atoms with Gasteiger partial charge in [0.05, 0.1) is 11.3 Å². The third kappa shape index (κ3) is 6.60. The van der Waals surface area contributed by atoms with Crippen molar-refractivity contribution in [3.05, 3.63) is 77.4 Å². The quantitative estimate of drug-likeness (QED) is 0.432. The molecule has 1 saturated heterocycles. The number of nitrogens with one attached hydrogen (secondary N) is 3. The first-order valence-corrected chi connectivity index (χ1v) is 13.6. The number of urea groups is 1. The molecule has 11 heteroatoms. The SMILES string of the molecule is CS(=O)(=O)NCc1ccccc1-c1ccc(N2CCC[C@@H](NC(=O)Nc3ccc(Cl)cn3)C2=O)cc1. The van der Waals surface area contributed by atoms with Crippen LogP contribution in [0, 0.1) is 0 Å². The number of amides is 3. The number of aromatic nitrogens is 1. The Balaban J connectivity index is 1.44. The molecule has 1 fully saturated rings. The molecule has 0 unspecified atom stereocenters. The lowest BCUT2D eigenvalue weighted by molar-refractivity contribution is -0.121. The summed E-state index contributed by atoms with van der Waals surface area (Å²) < 4.78 is 25.6. The van der Waals surface area contributed by atoms with E-state index in [1.807, 2.05) is 48.5 Å². The van der Waals surface area contributed by atoms with Crippen molar-refractivity contribution in [3.63, 3.8) is 0 Å². The molecular weight excluding hydrogens is 502 g/mol. The van der Waals surface area contributed by atoms with E-state index >= 15 is 0 Å². The molecule has 0 bridgehead atoms. The van der Waals surface area contributed by atoms with E-state index in [1.54, 1.807) is 17.0 Å². The van der Waals surface area contributed by atoms with Gasteiger partial charge in [-0.05, 0) is 53.8 Å². The third-order valence-corrected chi connectivity index (χ3v) is 6.64. The van der Waals surface area contributed by atoms with Gasteiger partial charge in [-0.2, -0.15) is 0 Å². The first-order chi connectivity index (χ1) is 17.2. The van der Waals surface area contributed by atoms with Gasteiger partial charge < -0.3 is 10.2 Å². The number of sulfonamides is 1. The van der Waals surface area contributed by atoms with Crippen LogP contribution in [0.3, 0.4) is 0 Å². The number of pyridine rings is 1.